The minimum atomic E-state index is -1.05. The van der Waals surface area contributed by atoms with Gasteiger partial charge in [0.2, 0.25) is 0 Å². The third-order valence-electron chi connectivity index (χ3n) is 3.14. The molecule has 3 rings (SSSR count). The molecule has 0 aliphatic heterocycles. The molecular formula is C14H16N2O3. The van der Waals surface area contributed by atoms with Crippen LogP contribution < -0.4 is 0 Å². The fraction of sp³-hybridized carbons (Fsp3) is 0.357. The number of carbonyl (C=O) groups excluding carboxylic acids is 1. The molecule has 19 heavy (non-hydrogen) atoms. The number of carbonyl (C=O) groups is 2. The second-order valence-corrected chi connectivity index (χ2v) is 4.15. The SMILES string of the molecule is CC.O=C(O)C1CCc2nn3ccccc3c2C1=O. The number of nitrogens with zero attached hydrogens (tertiary/aromatic N) is 2. The van der Waals surface area contributed by atoms with Crippen LogP contribution in [0, 0.1) is 5.92 Å². The summed E-state index contributed by atoms with van der Waals surface area (Å²) in [6, 6.07) is 5.42. The monoisotopic (exact) mass is 260 g/mol. The van der Waals surface area contributed by atoms with Crippen LogP contribution in [-0.4, -0.2) is 26.5 Å². The van der Waals surface area contributed by atoms with Gasteiger partial charge in [-0.1, -0.05) is 19.9 Å². The van der Waals surface area contributed by atoms with Crippen molar-refractivity contribution in [3.8, 4) is 0 Å². The maximum Gasteiger partial charge on any atom is 0.314 e. The van der Waals surface area contributed by atoms with Gasteiger partial charge in [-0.05, 0) is 25.0 Å². The van der Waals surface area contributed by atoms with Crippen LogP contribution in [0.2, 0.25) is 0 Å². The van der Waals surface area contributed by atoms with E-state index in [1.165, 1.54) is 0 Å². The minimum absolute atomic E-state index is 0.319. The Kier molecular flexibility index (Phi) is 3.64. The number of aryl methyl sites for hydroxylation is 1. The number of fused-ring (bicyclic) bond motifs is 3. The summed E-state index contributed by atoms with van der Waals surface area (Å²) in [4.78, 5) is 23.1. The van der Waals surface area contributed by atoms with Crippen molar-refractivity contribution in [2.75, 3.05) is 0 Å². The zero-order valence-electron chi connectivity index (χ0n) is 11.0. The average Bonchev–Trinajstić information content (AvgIpc) is 2.80. The molecule has 0 radical (unpaired) electrons. The average molecular weight is 260 g/mol. The van der Waals surface area contributed by atoms with Gasteiger partial charge in [0, 0.05) is 6.20 Å². The lowest BCUT2D eigenvalue weighted by molar-refractivity contribution is -0.140. The van der Waals surface area contributed by atoms with Crippen LogP contribution in [0.25, 0.3) is 5.52 Å². The second-order valence-electron chi connectivity index (χ2n) is 4.15. The highest BCUT2D eigenvalue weighted by Gasteiger charge is 2.35. The normalized spacial score (nSPS) is 17.6. The Hall–Kier alpha value is -2.17. The van der Waals surface area contributed by atoms with Crippen molar-refractivity contribution in [1.82, 2.24) is 9.61 Å². The summed E-state index contributed by atoms with van der Waals surface area (Å²) in [5, 5.41) is 13.3. The molecule has 2 aromatic heterocycles. The summed E-state index contributed by atoms with van der Waals surface area (Å²) in [5.41, 5.74) is 1.88. The van der Waals surface area contributed by atoms with Crippen LogP contribution in [0.15, 0.2) is 24.4 Å². The quantitative estimate of drug-likeness (QED) is 0.798. The van der Waals surface area contributed by atoms with Crippen LogP contribution >= 0.6 is 0 Å². The highest BCUT2D eigenvalue weighted by atomic mass is 16.4. The lowest BCUT2D eigenvalue weighted by Crippen LogP contribution is -2.28. The lowest BCUT2D eigenvalue weighted by atomic mass is 9.86. The molecule has 1 atom stereocenters. The number of Topliss-reactive ketones (excluding diaryl/α,β-unsaturated/α-hetero) is 1. The third kappa shape index (κ3) is 2.12. The Morgan fingerprint density at radius 3 is 2.84 bits per heavy atom. The number of aliphatic carboxylic acids is 1. The summed E-state index contributed by atoms with van der Waals surface area (Å²) in [5.74, 6) is -2.29. The molecule has 2 heterocycles. The fourth-order valence-corrected chi connectivity index (χ4v) is 2.31. The van der Waals surface area contributed by atoms with Gasteiger partial charge in [0.05, 0.1) is 16.8 Å². The number of pyridine rings is 1. The first kappa shape index (κ1) is 13.3. The van der Waals surface area contributed by atoms with Crippen molar-refractivity contribution >= 4 is 17.3 Å². The van der Waals surface area contributed by atoms with Crippen LogP contribution in [0.3, 0.4) is 0 Å². The van der Waals surface area contributed by atoms with Crippen LogP contribution in [0.1, 0.15) is 36.3 Å². The molecule has 0 fully saturated rings. The van der Waals surface area contributed by atoms with E-state index in [-0.39, 0.29) is 5.78 Å². The molecule has 0 aromatic carbocycles. The Balaban J connectivity index is 0.000000637. The van der Waals surface area contributed by atoms with Crippen LogP contribution in [-0.2, 0) is 11.2 Å². The number of aromatic nitrogens is 2. The van der Waals surface area contributed by atoms with Crippen molar-refractivity contribution < 1.29 is 14.7 Å². The molecule has 0 bridgehead atoms. The highest BCUT2D eigenvalue weighted by Crippen LogP contribution is 2.28. The number of rotatable bonds is 1. The second kappa shape index (κ2) is 5.22. The molecular weight excluding hydrogens is 244 g/mol. The predicted molar refractivity (Wildman–Crippen MR) is 70.3 cm³/mol. The van der Waals surface area contributed by atoms with Gasteiger partial charge in [-0.25, -0.2) is 4.52 Å². The van der Waals surface area contributed by atoms with Gasteiger partial charge >= 0.3 is 5.97 Å². The Morgan fingerprint density at radius 2 is 2.16 bits per heavy atom. The zero-order valence-corrected chi connectivity index (χ0v) is 11.0. The molecule has 0 saturated heterocycles. The smallest absolute Gasteiger partial charge is 0.314 e. The molecule has 1 N–H and O–H groups in total. The summed E-state index contributed by atoms with van der Waals surface area (Å²) >= 11 is 0. The standard InChI is InChI=1S/C12H10N2O3.C2H6/c15-11-7(12(16)17)4-5-8-10(11)9-3-1-2-6-14(9)13-8;1-2/h1-3,6-7H,4-5H2,(H,16,17);1-2H3. The van der Waals surface area contributed by atoms with Gasteiger partial charge in [-0.3, -0.25) is 9.59 Å². The van der Waals surface area contributed by atoms with Crippen molar-refractivity contribution in [3.05, 3.63) is 35.7 Å². The molecule has 5 nitrogen and oxygen atoms in total. The van der Waals surface area contributed by atoms with Gasteiger partial charge in [0.15, 0.2) is 5.78 Å². The maximum absolute atomic E-state index is 12.1. The van der Waals surface area contributed by atoms with Crippen molar-refractivity contribution in [1.29, 1.82) is 0 Å². The fourth-order valence-electron chi connectivity index (χ4n) is 2.31. The van der Waals surface area contributed by atoms with Gasteiger partial charge in [-0.2, -0.15) is 5.10 Å². The van der Waals surface area contributed by atoms with Crippen LogP contribution in [0.5, 0.6) is 0 Å². The van der Waals surface area contributed by atoms with Gasteiger partial charge in [-0.15, -0.1) is 0 Å². The van der Waals surface area contributed by atoms with E-state index in [1.807, 2.05) is 26.0 Å². The predicted octanol–water partition coefficient (Wildman–Crippen LogP) is 2.19. The molecule has 0 saturated carbocycles. The van der Waals surface area contributed by atoms with E-state index in [1.54, 1.807) is 16.8 Å². The third-order valence-corrected chi connectivity index (χ3v) is 3.14. The van der Waals surface area contributed by atoms with E-state index in [4.69, 9.17) is 5.11 Å². The summed E-state index contributed by atoms with van der Waals surface area (Å²) in [7, 11) is 0. The summed E-state index contributed by atoms with van der Waals surface area (Å²) in [6.45, 7) is 4.00. The van der Waals surface area contributed by atoms with E-state index < -0.39 is 11.9 Å². The van der Waals surface area contributed by atoms with Gasteiger partial charge in [0.25, 0.3) is 0 Å². The Bertz CT molecular complexity index is 631. The van der Waals surface area contributed by atoms with Gasteiger partial charge in [0.1, 0.15) is 5.92 Å². The number of ketones is 1. The molecule has 0 amide bonds. The van der Waals surface area contributed by atoms with E-state index in [9.17, 15) is 9.59 Å². The first-order chi connectivity index (χ1) is 9.18. The highest BCUT2D eigenvalue weighted by molar-refractivity contribution is 6.13. The number of hydrogen-bond donors (Lipinski definition) is 1. The molecule has 1 unspecified atom stereocenters. The van der Waals surface area contributed by atoms with E-state index in [2.05, 4.69) is 5.10 Å². The first-order valence-corrected chi connectivity index (χ1v) is 6.42. The molecule has 0 spiro atoms. The van der Waals surface area contributed by atoms with Crippen molar-refractivity contribution in [3.63, 3.8) is 0 Å². The lowest BCUT2D eigenvalue weighted by Gasteiger charge is -2.15. The Labute approximate surface area is 110 Å². The molecule has 1 aliphatic rings. The largest absolute Gasteiger partial charge is 0.481 e. The number of carboxylic acids is 1. The topological polar surface area (TPSA) is 71.7 Å². The summed E-state index contributed by atoms with van der Waals surface area (Å²) in [6.07, 6.45) is 2.64. The first-order valence-electron chi connectivity index (χ1n) is 6.42. The van der Waals surface area contributed by atoms with Gasteiger partial charge < -0.3 is 5.11 Å². The molecule has 100 valence electrons. The maximum atomic E-state index is 12.1. The zero-order chi connectivity index (χ0) is 14.0. The minimum Gasteiger partial charge on any atom is -0.481 e. The summed E-state index contributed by atoms with van der Waals surface area (Å²) < 4.78 is 1.63. The van der Waals surface area contributed by atoms with E-state index in [0.29, 0.717) is 29.6 Å². The van der Waals surface area contributed by atoms with E-state index >= 15 is 0 Å². The van der Waals surface area contributed by atoms with E-state index in [0.717, 1.165) is 0 Å². The van der Waals surface area contributed by atoms with Crippen molar-refractivity contribution in [2.24, 2.45) is 5.92 Å². The number of hydrogen-bond acceptors (Lipinski definition) is 3. The molecule has 1 aliphatic carbocycles. The van der Waals surface area contributed by atoms with Crippen LogP contribution in [0.4, 0.5) is 0 Å². The van der Waals surface area contributed by atoms with Crippen molar-refractivity contribution in [2.45, 2.75) is 26.7 Å². The Morgan fingerprint density at radius 1 is 1.42 bits per heavy atom. The molecule has 5 heteroatoms. The number of carboxylic acid groups (broad SMARTS) is 1. The molecule has 2 aromatic rings.